The van der Waals surface area contributed by atoms with Gasteiger partial charge in [-0.05, 0) is 64.9 Å². The van der Waals surface area contributed by atoms with Crippen LogP contribution in [0.4, 0.5) is 0 Å². The molecule has 0 radical (unpaired) electrons. The molecule has 0 N–H and O–H groups in total. The molecular weight excluding hydrogens is 673 g/mol. The molecule has 1 aliphatic rings. The van der Waals surface area contributed by atoms with Crippen LogP contribution < -0.4 is 4.74 Å². The van der Waals surface area contributed by atoms with Crippen LogP contribution in [0.1, 0.15) is 63.5 Å². The third-order valence-corrected chi connectivity index (χ3v) is 8.04. The molecule has 0 atom stereocenters. The number of hydrogen-bond acceptors (Lipinski definition) is 3. The molecule has 0 spiro atoms. The minimum absolute atomic E-state index is 0. The van der Waals surface area contributed by atoms with E-state index < -0.39 is 0 Å². The Morgan fingerprint density at radius 3 is 2.30 bits per heavy atom. The summed E-state index contributed by atoms with van der Waals surface area (Å²) in [5, 5.41) is 4.73. The summed E-state index contributed by atoms with van der Waals surface area (Å²) in [5.41, 5.74) is 9.17. The number of unbranched alkanes of at least 4 members (excludes halogenated alkanes) is 2. The van der Waals surface area contributed by atoms with Crippen molar-refractivity contribution in [1.29, 1.82) is 0 Å². The number of nitrogens with zero attached hydrogens (tertiary/aromatic N) is 3. The van der Waals surface area contributed by atoms with E-state index in [1.54, 1.807) is 6.20 Å². The van der Waals surface area contributed by atoms with Gasteiger partial charge in [0.2, 0.25) is 5.88 Å². The minimum Gasteiger partial charge on any atom is -0.439 e. The summed E-state index contributed by atoms with van der Waals surface area (Å²) in [6.45, 7) is 4.60. The van der Waals surface area contributed by atoms with Crippen molar-refractivity contribution in [3.05, 3.63) is 115 Å². The minimum atomic E-state index is 0. The van der Waals surface area contributed by atoms with Gasteiger partial charge in [0.25, 0.3) is 0 Å². The van der Waals surface area contributed by atoms with Crippen LogP contribution in [0.5, 0.6) is 11.6 Å². The predicted octanol–water partition coefficient (Wildman–Crippen LogP) is 9.37. The second-order valence-electron chi connectivity index (χ2n) is 10.5. The molecule has 0 unspecified atom stereocenters. The zero-order valence-corrected chi connectivity index (χ0v) is 25.4. The van der Waals surface area contributed by atoms with E-state index in [1.807, 2.05) is 53.3 Å². The first-order chi connectivity index (χ1) is 19.2. The Morgan fingerprint density at radius 2 is 1.52 bits per heavy atom. The molecule has 2 aromatic heterocycles. The van der Waals surface area contributed by atoms with Crippen LogP contribution in [-0.4, -0.2) is 14.8 Å². The number of fused-ring (bicyclic) bond motifs is 3. The monoisotopic (exact) mass is 708 g/mol. The third kappa shape index (κ3) is 5.30. The fourth-order valence-corrected chi connectivity index (χ4v) is 6.09. The smallest absolute Gasteiger partial charge is 0.219 e. The molecule has 40 heavy (non-hydrogen) atoms. The van der Waals surface area contributed by atoms with Crippen LogP contribution in [-0.2, 0) is 26.5 Å². The van der Waals surface area contributed by atoms with Crippen molar-refractivity contribution in [1.82, 2.24) is 14.8 Å². The van der Waals surface area contributed by atoms with Gasteiger partial charge in [-0.3, -0.25) is 0 Å². The molecule has 0 saturated carbocycles. The maximum Gasteiger partial charge on any atom is 0.219 e. The van der Waals surface area contributed by atoms with Crippen molar-refractivity contribution in [2.24, 2.45) is 0 Å². The first kappa shape index (κ1) is 28.1. The molecule has 6 rings (SSSR count). The molecule has 5 heteroatoms. The van der Waals surface area contributed by atoms with Crippen molar-refractivity contribution in [2.75, 3.05) is 0 Å². The Bertz CT molecular complexity index is 1570. The van der Waals surface area contributed by atoms with Gasteiger partial charge in [-0.15, -0.1) is 0 Å². The van der Waals surface area contributed by atoms with Gasteiger partial charge >= 0.3 is 0 Å². The molecule has 1 aliphatic carbocycles. The molecule has 0 fully saturated rings. The Morgan fingerprint density at radius 1 is 0.750 bits per heavy atom. The Kier molecular flexibility index (Phi) is 8.66. The standard InChI is InChI=1S/C35H35N3O.Pt/c1-3-5-19-35(20-6-4-2)32-15-8-7-14-30(32)31-18-17-26(22-33(31)35)27-24-37-38(25-27)28-12-11-13-29(23-28)39-34-16-9-10-21-36-34;/h7-18,21-25H,3-6,19-20H2,1-2H3;. The van der Waals surface area contributed by atoms with Crippen molar-refractivity contribution in [2.45, 2.75) is 57.8 Å². The number of benzene rings is 3. The van der Waals surface area contributed by atoms with E-state index in [0.717, 1.165) is 17.0 Å². The average Bonchev–Trinajstić information content (AvgIpc) is 3.58. The number of ether oxygens (including phenoxy) is 1. The van der Waals surface area contributed by atoms with E-state index in [1.165, 1.54) is 66.3 Å². The molecular formula is C35H35N3OPt. The molecule has 3 aromatic carbocycles. The number of aromatic nitrogens is 3. The average molecular weight is 709 g/mol. The SMILES string of the molecule is CCCCC1(CCCC)c2ccccc2-c2ccc(-c3cnn(-c4cccc(Oc5ccccn5)c4)c3)cc21.[Pt]. The van der Waals surface area contributed by atoms with Gasteiger partial charge in [-0.2, -0.15) is 5.10 Å². The summed E-state index contributed by atoms with van der Waals surface area (Å²) in [6, 6.07) is 29.7. The van der Waals surface area contributed by atoms with Crippen LogP contribution in [0.15, 0.2) is 104 Å². The van der Waals surface area contributed by atoms with Crippen molar-refractivity contribution in [3.63, 3.8) is 0 Å². The summed E-state index contributed by atoms with van der Waals surface area (Å²) < 4.78 is 7.87. The van der Waals surface area contributed by atoms with Gasteiger partial charge in [0.1, 0.15) is 5.75 Å². The fourth-order valence-electron chi connectivity index (χ4n) is 6.09. The molecule has 0 bridgehead atoms. The predicted molar refractivity (Wildman–Crippen MR) is 159 cm³/mol. The maximum atomic E-state index is 5.95. The quantitative estimate of drug-likeness (QED) is 0.145. The summed E-state index contributed by atoms with van der Waals surface area (Å²) in [7, 11) is 0. The number of rotatable bonds is 10. The Balaban J connectivity index is 0.00000323. The Labute approximate surface area is 251 Å². The van der Waals surface area contributed by atoms with Crippen LogP contribution in [0.3, 0.4) is 0 Å². The van der Waals surface area contributed by atoms with Crippen LogP contribution in [0, 0.1) is 0 Å². The van der Waals surface area contributed by atoms with Gasteiger partial charge in [0, 0.05) is 56.6 Å². The van der Waals surface area contributed by atoms with Gasteiger partial charge in [0.05, 0.1) is 11.9 Å². The maximum absolute atomic E-state index is 5.95. The van der Waals surface area contributed by atoms with Crippen LogP contribution in [0.25, 0.3) is 27.9 Å². The molecule has 2 heterocycles. The zero-order chi connectivity index (χ0) is 26.7. The van der Waals surface area contributed by atoms with Gasteiger partial charge in [-0.1, -0.05) is 88.1 Å². The fraction of sp³-hybridized carbons (Fsp3) is 0.257. The van der Waals surface area contributed by atoms with Crippen LogP contribution in [0.2, 0.25) is 0 Å². The molecule has 0 aliphatic heterocycles. The third-order valence-electron chi connectivity index (χ3n) is 8.04. The van der Waals surface area contributed by atoms with E-state index in [9.17, 15) is 0 Å². The molecule has 5 aromatic rings. The summed E-state index contributed by atoms with van der Waals surface area (Å²) >= 11 is 0. The normalized spacial score (nSPS) is 12.8. The van der Waals surface area contributed by atoms with E-state index in [0.29, 0.717) is 5.88 Å². The van der Waals surface area contributed by atoms with Gasteiger partial charge in [0.15, 0.2) is 0 Å². The van der Waals surface area contributed by atoms with Crippen LogP contribution >= 0.6 is 0 Å². The van der Waals surface area contributed by atoms with E-state index in [2.05, 4.69) is 67.5 Å². The second-order valence-corrected chi connectivity index (χ2v) is 10.5. The van der Waals surface area contributed by atoms with E-state index in [-0.39, 0.29) is 26.5 Å². The second kappa shape index (κ2) is 12.4. The first-order valence-electron chi connectivity index (χ1n) is 14.2. The van der Waals surface area contributed by atoms with Gasteiger partial charge in [-0.25, -0.2) is 9.67 Å². The molecule has 0 amide bonds. The summed E-state index contributed by atoms with van der Waals surface area (Å²) in [4.78, 5) is 4.27. The van der Waals surface area contributed by atoms with Crippen molar-refractivity contribution in [3.8, 4) is 39.6 Å². The first-order valence-corrected chi connectivity index (χ1v) is 14.2. The van der Waals surface area contributed by atoms with E-state index >= 15 is 0 Å². The molecule has 4 nitrogen and oxygen atoms in total. The largest absolute Gasteiger partial charge is 0.439 e. The van der Waals surface area contributed by atoms with E-state index in [4.69, 9.17) is 9.84 Å². The van der Waals surface area contributed by atoms with Crippen molar-refractivity contribution < 1.29 is 25.8 Å². The number of pyridine rings is 1. The molecule has 206 valence electrons. The summed E-state index contributed by atoms with van der Waals surface area (Å²) in [5.74, 6) is 1.31. The van der Waals surface area contributed by atoms with Crippen molar-refractivity contribution >= 4 is 0 Å². The summed E-state index contributed by atoms with van der Waals surface area (Å²) in [6.07, 6.45) is 13.1. The number of hydrogen-bond donors (Lipinski definition) is 0. The Hall–Kier alpha value is -3.49. The molecule has 0 saturated heterocycles. The van der Waals surface area contributed by atoms with Gasteiger partial charge < -0.3 is 4.74 Å². The zero-order valence-electron chi connectivity index (χ0n) is 23.1. The topological polar surface area (TPSA) is 39.9 Å².